The summed E-state index contributed by atoms with van der Waals surface area (Å²) in [6.45, 7) is 7.61. The Bertz CT molecular complexity index is 161. The van der Waals surface area contributed by atoms with Gasteiger partial charge in [0.1, 0.15) is 0 Å². The zero-order valence-electron chi connectivity index (χ0n) is 9.88. The molecule has 84 valence electrons. The van der Waals surface area contributed by atoms with E-state index >= 15 is 0 Å². The van der Waals surface area contributed by atoms with Gasteiger partial charge in [0.2, 0.25) is 0 Å². The zero-order chi connectivity index (χ0) is 11.2. The van der Waals surface area contributed by atoms with Crippen LogP contribution in [0.3, 0.4) is 0 Å². The molecule has 0 saturated heterocycles. The molecule has 2 nitrogen and oxygen atoms in total. The van der Waals surface area contributed by atoms with Gasteiger partial charge < -0.3 is 10.2 Å². The molecule has 0 spiro atoms. The van der Waals surface area contributed by atoms with Crippen molar-refractivity contribution in [2.45, 2.75) is 64.6 Å². The van der Waals surface area contributed by atoms with Crippen molar-refractivity contribution in [2.24, 2.45) is 0 Å². The molecule has 0 bridgehead atoms. The van der Waals surface area contributed by atoms with E-state index in [2.05, 4.69) is 0 Å². The van der Waals surface area contributed by atoms with Crippen molar-refractivity contribution in [1.82, 2.24) is 0 Å². The van der Waals surface area contributed by atoms with Crippen molar-refractivity contribution in [3.63, 3.8) is 0 Å². The lowest BCUT2D eigenvalue weighted by atomic mass is 9.94. The molecule has 0 aliphatic heterocycles. The maximum atomic E-state index is 9.85. The van der Waals surface area contributed by atoms with Crippen LogP contribution >= 0.6 is 0 Å². The highest BCUT2D eigenvalue weighted by Crippen LogP contribution is 2.19. The van der Waals surface area contributed by atoms with E-state index in [0.29, 0.717) is 0 Å². The van der Waals surface area contributed by atoms with Crippen LogP contribution in [0, 0.1) is 0 Å². The molecule has 0 aliphatic carbocycles. The van der Waals surface area contributed by atoms with E-state index in [0.717, 1.165) is 25.7 Å². The van der Waals surface area contributed by atoms with Crippen molar-refractivity contribution >= 4 is 0 Å². The lowest BCUT2D eigenvalue weighted by Gasteiger charge is -2.22. The molecule has 0 aliphatic rings. The van der Waals surface area contributed by atoms with Crippen LogP contribution in [-0.4, -0.2) is 21.4 Å². The quantitative estimate of drug-likeness (QED) is 0.647. The smallest absolute Gasteiger partial charge is 0.0800 e. The van der Waals surface area contributed by atoms with Gasteiger partial charge in [0, 0.05) is 0 Å². The molecule has 0 aromatic heterocycles. The molecule has 0 aromatic carbocycles. The Labute approximate surface area is 87.7 Å². The molecule has 2 unspecified atom stereocenters. The topological polar surface area (TPSA) is 40.5 Å². The summed E-state index contributed by atoms with van der Waals surface area (Å²) in [7, 11) is 0. The minimum absolute atomic E-state index is 0.728. The molecule has 0 amide bonds. The van der Waals surface area contributed by atoms with E-state index in [9.17, 15) is 10.2 Å². The van der Waals surface area contributed by atoms with Crippen molar-refractivity contribution in [3.05, 3.63) is 12.2 Å². The predicted molar refractivity (Wildman–Crippen MR) is 60.2 cm³/mol. The van der Waals surface area contributed by atoms with Crippen molar-refractivity contribution in [2.75, 3.05) is 0 Å². The molecule has 14 heavy (non-hydrogen) atoms. The third-order valence-corrected chi connectivity index (χ3v) is 2.31. The number of hydrogen-bond donors (Lipinski definition) is 2. The van der Waals surface area contributed by atoms with Crippen LogP contribution in [0.2, 0.25) is 0 Å². The minimum atomic E-state index is -0.785. The monoisotopic (exact) mass is 200 g/mol. The van der Waals surface area contributed by atoms with E-state index < -0.39 is 11.2 Å². The van der Waals surface area contributed by atoms with Crippen LogP contribution in [0.4, 0.5) is 0 Å². The molecule has 2 heteroatoms. The molecule has 2 N–H and O–H groups in total. The standard InChI is InChI=1S/C12H24O2/c1-5-7-11(3,13)9-10-12(4,14)8-6-2/h9-10,13-14H,5-8H2,1-4H3/b10-9+. The van der Waals surface area contributed by atoms with E-state index in [1.807, 2.05) is 13.8 Å². The fraction of sp³-hybridized carbons (Fsp3) is 0.833. The number of aliphatic hydroxyl groups is 2. The van der Waals surface area contributed by atoms with Gasteiger partial charge in [0.25, 0.3) is 0 Å². The largest absolute Gasteiger partial charge is 0.386 e. The zero-order valence-corrected chi connectivity index (χ0v) is 9.88. The SMILES string of the molecule is CCCC(C)(O)/C=C/C(C)(O)CCC. The van der Waals surface area contributed by atoms with Gasteiger partial charge in [-0.1, -0.05) is 38.8 Å². The fourth-order valence-electron chi connectivity index (χ4n) is 1.54. The first-order valence-corrected chi connectivity index (χ1v) is 5.48. The summed E-state index contributed by atoms with van der Waals surface area (Å²) in [5, 5.41) is 19.7. The second-order valence-corrected chi connectivity index (χ2v) is 4.55. The third kappa shape index (κ3) is 6.17. The molecule has 0 heterocycles. The highest BCUT2D eigenvalue weighted by Gasteiger charge is 2.19. The van der Waals surface area contributed by atoms with Crippen LogP contribution < -0.4 is 0 Å². The Balaban J connectivity index is 4.26. The summed E-state index contributed by atoms with van der Waals surface area (Å²) in [6, 6.07) is 0. The second kappa shape index (κ2) is 5.52. The first kappa shape index (κ1) is 13.7. The van der Waals surface area contributed by atoms with Gasteiger partial charge in [0.05, 0.1) is 11.2 Å². The Hall–Kier alpha value is -0.340. The van der Waals surface area contributed by atoms with Crippen LogP contribution in [0.1, 0.15) is 53.4 Å². The van der Waals surface area contributed by atoms with Crippen LogP contribution in [0.15, 0.2) is 12.2 Å². The molecule has 0 radical (unpaired) electrons. The molecular formula is C12H24O2. The third-order valence-electron chi connectivity index (χ3n) is 2.31. The maximum Gasteiger partial charge on any atom is 0.0800 e. The lowest BCUT2D eigenvalue weighted by Crippen LogP contribution is -2.25. The van der Waals surface area contributed by atoms with E-state index in [1.54, 1.807) is 26.0 Å². The highest BCUT2D eigenvalue weighted by atomic mass is 16.3. The number of rotatable bonds is 6. The molecular weight excluding hydrogens is 176 g/mol. The van der Waals surface area contributed by atoms with Crippen LogP contribution in [0.25, 0.3) is 0 Å². The first-order valence-electron chi connectivity index (χ1n) is 5.48. The lowest BCUT2D eigenvalue weighted by molar-refractivity contribution is 0.0829. The summed E-state index contributed by atoms with van der Waals surface area (Å²) < 4.78 is 0. The van der Waals surface area contributed by atoms with Gasteiger partial charge in [-0.05, 0) is 26.7 Å². The van der Waals surface area contributed by atoms with Gasteiger partial charge >= 0.3 is 0 Å². The Morgan fingerprint density at radius 3 is 1.36 bits per heavy atom. The van der Waals surface area contributed by atoms with E-state index in [1.165, 1.54) is 0 Å². The molecule has 0 rings (SSSR count). The summed E-state index contributed by atoms with van der Waals surface area (Å²) in [5.41, 5.74) is -1.57. The molecule has 0 fully saturated rings. The Kier molecular flexibility index (Phi) is 5.38. The summed E-state index contributed by atoms with van der Waals surface area (Å²) >= 11 is 0. The van der Waals surface area contributed by atoms with Crippen LogP contribution in [-0.2, 0) is 0 Å². The van der Waals surface area contributed by atoms with E-state index in [-0.39, 0.29) is 0 Å². The van der Waals surface area contributed by atoms with E-state index in [4.69, 9.17) is 0 Å². The van der Waals surface area contributed by atoms with Gasteiger partial charge in [-0.3, -0.25) is 0 Å². The number of hydrogen-bond acceptors (Lipinski definition) is 2. The van der Waals surface area contributed by atoms with Crippen LogP contribution in [0.5, 0.6) is 0 Å². The normalized spacial score (nSPS) is 20.7. The predicted octanol–water partition coefficient (Wildman–Crippen LogP) is 2.64. The van der Waals surface area contributed by atoms with Gasteiger partial charge in [-0.25, -0.2) is 0 Å². The molecule has 0 aromatic rings. The summed E-state index contributed by atoms with van der Waals surface area (Å²) in [4.78, 5) is 0. The van der Waals surface area contributed by atoms with Gasteiger partial charge in [0.15, 0.2) is 0 Å². The second-order valence-electron chi connectivity index (χ2n) is 4.55. The van der Waals surface area contributed by atoms with Crippen molar-refractivity contribution in [3.8, 4) is 0 Å². The van der Waals surface area contributed by atoms with Crippen molar-refractivity contribution in [1.29, 1.82) is 0 Å². The fourth-order valence-corrected chi connectivity index (χ4v) is 1.54. The Morgan fingerprint density at radius 1 is 0.857 bits per heavy atom. The van der Waals surface area contributed by atoms with Crippen molar-refractivity contribution < 1.29 is 10.2 Å². The first-order chi connectivity index (χ1) is 6.33. The Morgan fingerprint density at radius 2 is 1.14 bits per heavy atom. The highest BCUT2D eigenvalue weighted by molar-refractivity contribution is 5.05. The van der Waals surface area contributed by atoms with Gasteiger partial charge in [-0.2, -0.15) is 0 Å². The van der Waals surface area contributed by atoms with Gasteiger partial charge in [-0.15, -0.1) is 0 Å². The molecule has 2 atom stereocenters. The molecule has 0 saturated carbocycles. The minimum Gasteiger partial charge on any atom is -0.386 e. The maximum absolute atomic E-state index is 9.85. The average Bonchev–Trinajstić information content (AvgIpc) is 2.01. The summed E-state index contributed by atoms with van der Waals surface area (Å²) in [5.74, 6) is 0. The summed E-state index contributed by atoms with van der Waals surface area (Å²) in [6.07, 6.45) is 6.76. The average molecular weight is 200 g/mol.